The Kier molecular flexibility index (Phi) is 13.7. The molecule has 0 radical (unpaired) electrons. The summed E-state index contributed by atoms with van der Waals surface area (Å²) in [6.07, 6.45) is 17.8. The molecule has 1 saturated heterocycles. The van der Waals surface area contributed by atoms with E-state index in [0.717, 1.165) is 94.6 Å². The van der Waals surface area contributed by atoms with E-state index in [1.54, 1.807) is 0 Å². The first-order valence-corrected chi connectivity index (χ1v) is 16.6. The number of carbonyl (C=O) groups excluding carboxylic acids is 2. The first kappa shape index (κ1) is 33.1. The maximum absolute atomic E-state index is 12.8. The number of hydrogen-bond donors (Lipinski definition) is 1. The van der Waals surface area contributed by atoms with Crippen LogP contribution in [0.3, 0.4) is 0 Å². The van der Waals surface area contributed by atoms with Gasteiger partial charge in [0.25, 0.3) is 5.91 Å². The summed E-state index contributed by atoms with van der Waals surface area (Å²) < 4.78 is 2.40. The van der Waals surface area contributed by atoms with Crippen LogP contribution in [0.4, 0.5) is 5.69 Å². The van der Waals surface area contributed by atoms with Crippen LogP contribution in [0.1, 0.15) is 100 Å². The summed E-state index contributed by atoms with van der Waals surface area (Å²) in [4.78, 5) is 32.3. The van der Waals surface area contributed by atoms with Crippen LogP contribution in [-0.4, -0.2) is 53.4 Å². The summed E-state index contributed by atoms with van der Waals surface area (Å²) in [6, 6.07) is 4.33. The lowest BCUT2D eigenvalue weighted by Crippen LogP contribution is -2.47. The molecule has 3 rings (SSSR count). The largest absolute Gasteiger partial charge is 0.315 e. The minimum absolute atomic E-state index is 0.0925. The van der Waals surface area contributed by atoms with Gasteiger partial charge < -0.3 is 10.2 Å². The fraction of sp³-hybridized carbons (Fsp3) is 0.618. The smallest absolute Gasteiger partial charge is 0.253 e. The molecule has 1 fully saturated rings. The Balaban J connectivity index is 1.41. The van der Waals surface area contributed by atoms with E-state index in [9.17, 15) is 9.59 Å². The molecule has 0 aromatic heterocycles. The van der Waals surface area contributed by atoms with E-state index in [0.29, 0.717) is 6.42 Å². The Morgan fingerprint density at radius 3 is 2.27 bits per heavy atom. The Labute approximate surface area is 253 Å². The molecule has 226 valence electrons. The topological polar surface area (TPSA) is 65.0 Å². The van der Waals surface area contributed by atoms with Crippen LogP contribution in [0.25, 0.3) is 0 Å². The van der Waals surface area contributed by atoms with Crippen LogP contribution >= 0.6 is 11.9 Å². The summed E-state index contributed by atoms with van der Waals surface area (Å²) in [5.74, 6) is 2.16. The van der Waals surface area contributed by atoms with Crippen molar-refractivity contribution in [3.8, 4) is 0 Å². The van der Waals surface area contributed by atoms with Gasteiger partial charge in [0.05, 0.1) is 0 Å². The summed E-state index contributed by atoms with van der Waals surface area (Å²) in [7, 11) is 1.90. The summed E-state index contributed by atoms with van der Waals surface area (Å²) >= 11 is 1.88. The number of allylic oxidation sites excluding steroid dienone is 2. The highest BCUT2D eigenvalue weighted by molar-refractivity contribution is 7.97. The van der Waals surface area contributed by atoms with Crippen molar-refractivity contribution in [2.45, 2.75) is 109 Å². The highest BCUT2D eigenvalue weighted by Crippen LogP contribution is 2.33. The number of amides is 2. The van der Waals surface area contributed by atoms with E-state index >= 15 is 0 Å². The number of amidine groups is 1. The predicted octanol–water partition coefficient (Wildman–Crippen LogP) is 7.48. The molecule has 2 heterocycles. The van der Waals surface area contributed by atoms with E-state index in [4.69, 9.17) is 4.99 Å². The molecule has 6 nitrogen and oxygen atoms in total. The Hall–Kier alpha value is -2.38. The van der Waals surface area contributed by atoms with Gasteiger partial charge in [0.2, 0.25) is 5.91 Å². The zero-order valence-corrected chi connectivity index (χ0v) is 26.6. The van der Waals surface area contributed by atoms with Crippen molar-refractivity contribution >= 4 is 35.3 Å². The molecule has 1 N–H and O–H groups in total. The molecule has 1 spiro atoms. The number of unbranched alkanes of at least 4 members (excludes halogenated alkanes) is 7. The molecule has 41 heavy (non-hydrogen) atoms. The molecule has 1 aromatic carbocycles. The number of piperidine rings is 1. The number of rotatable bonds is 18. The van der Waals surface area contributed by atoms with E-state index in [1.807, 2.05) is 36.0 Å². The SMILES string of the molecule is C=CCCCCCCCC(=O)N(C)c1cc(C)c(CCSN2CCC3(CC2)N=C(CCCCC=C)NC3=O)c(C)c1. The van der Waals surface area contributed by atoms with Gasteiger partial charge in [-0.15, -0.1) is 13.2 Å². The van der Waals surface area contributed by atoms with Crippen molar-refractivity contribution in [3.63, 3.8) is 0 Å². The van der Waals surface area contributed by atoms with Gasteiger partial charge in [-0.25, -0.2) is 0 Å². The molecule has 0 saturated carbocycles. The zero-order chi connectivity index (χ0) is 29.7. The van der Waals surface area contributed by atoms with E-state index < -0.39 is 5.54 Å². The van der Waals surface area contributed by atoms with Gasteiger partial charge in [0, 0.05) is 44.4 Å². The van der Waals surface area contributed by atoms with E-state index in [2.05, 4.69) is 48.8 Å². The van der Waals surface area contributed by atoms with E-state index in [-0.39, 0.29) is 11.8 Å². The van der Waals surface area contributed by atoms with Crippen molar-refractivity contribution in [3.05, 3.63) is 54.1 Å². The third-order valence-corrected chi connectivity index (χ3v) is 9.63. The normalized spacial score (nSPS) is 16.5. The lowest BCUT2D eigenvalue weighted by molar-refractivity contribution is -0.125. The minimum Gasteiger partial charge on any atom is -0.315 e. The van der Waals surface area contributed by atoms with E-state index in [1.165, 1.54) is 36.0 Å². The molecule has 0 bridgehead atoms. The number of anilines is 1. The Morgan fingerprint density at radius 2 is 1.61 bits per heavy atom. The summed E-state index contributed by atoms with van der Waals surface area (Å²) in [6.45, 7) is 13.6. The number of nitrogens with zero attached hydrogens (tertiary/aromatic N) is 3. The van der Waals surface area contributed by atoms with Gasteiger partial charge in [-0.1, -0.05) is 43.4 Å². The lowest BCUT2D eigenvalue weighted by Gasteiger charge is -2.34. The molecule has 0 unspecified atom stereocenters. The maximum atomic E-state index is 12.8. The van der Waals surface area contributed by atoms with Crippen molar-refractivity contribution in [1.82, 2.24) is 9.62 Å². The maximum Gasteiger partial charge on any atom is 0.253 e. The molecular weight excluding hydrogens is 528 g/mol. The van der Waals surface area contributed by atoms with Crippen molar-refractivity contribution in [1.29, 1.82) is 0 Å². The number of aliphatic imine (C=N–C) groups is 1. The molecule has 0 aliphatic carbocycles. The molecule has 0 atom stereocenters. The molecule has 2 amide bonds. The second-order valence-corrected chi connectivity index (χ2v) is 12.9. The fourth-order valence-corrected chi connectivity index (χ4v) is 6.84. The standard InChI is InChI=1S/C34H52N4O2S/c1-6-8-10-12-13-14-16-18-32(39)37(5)29-25-27(3)30(28(4)26-29)19-24-41-38-22-20-34(21-23-38)33(40)35-31(36-34)17-15-11-9-7-2/h6-7,25-26H,1-2,8-24H2,3-5H3,(H,35,36,40). The fourth-order valence-electron chi connectivity index (χ4n) is 5.85. The van der Waals surface area contributed by atoms with Crippen LogP contribution in [0.2, 0.25) is 0 Å². The molecular formula is C34H52N4O2S. The van der Waals surface area contributed by atoms with Gasteiger partial charge in [0.1, 0.15) is 11.4 Å². The minimum atomic E-state index is -0.553. The van der Waals surface area contributed by atoms with Crippen LogP contribution in [0.5, 0.6) is 0 Å². The van der Waals surface area contributed by atoms with Gasteiger partial charge >= 0.3 is 0 Å². The molecule has 2 aliphatic heterocycles. The average molecular weight is 581 g/mol. The number of hydrogen-bond acceptors (Lipinski definition) is 5. The summed E-state index contributed by atoms with van der Waals surface area (Å²) in [5.41, 5.74) is 4.30. The zero-order valence-electron chi connectivity index (χ0n) is 25.8. The van der Waals surface area contributed by atoms with Crippen molar-refractivity contribution in [2.75, 3.05) is 30.8 Å². The quantitative estimate of drug-likeness (QED) is 0.111. The van der Waals surface area contributed by atoms with Crippen LogP contribution in [0.15, 0.2) is 42.4 Å². The Morgan fingerprint density at radius 1 is 1.00 bits per heavy atom. The third-order valence-electron chi connectivity index (χ3n) is 8.52. The molecule has 1 aromatic rings. The van der Waals surface area contributed by atoms with Crippen molar-refractivity contribution in [2.24, 2.45) is 4.99 Å². The monoisotopic (exact) mass is 580 g/mol. The van der Waals surface area contributed by atoms with Crippen LogP contribution in [0, 0.1) is 13.8 Å². The third kappa shape index (κ3) is 9.85. The van der Waals surface area contributed by atoms with Crippen LogP contribution < -0.4 is 10.2 Å². The van der Waals surface area contributed by atoms with Crippen molar-refractivity contribution < 1.29 is 9.59 Å². The first-order valence-electron chi connectivity index (χ1n) is 15.7. The lowest BCUT2D eigenvalue weighted by atomic mass is 9.89. The van der Waals surface area contributed by atoms with Gasteiger partial charge in [-0.2, -0.15) is 0 Å². The number of carbonyl (C=O) groups is 2. The number of benzene rings is 1. The molecule has 7 heteroatoms. The van der Waals surface area contributed by atoms with Crippen LogP contribution in [-0.2, 0) is 16.0 Å². The van der Waals surface area contributed by atoms with Gasteiger partial charge in [0.15, 0.2) is 0 Å². The van der Waals surface area contributed by atoms with Gasteiger partial charge in [-0.3, -0.25) is 18.9 Å². The predicted molar refractivity (Wildman–Crippen MR) is 176 cm³/mol. The Bertz CT molecular complexity index is 1050. The second kappa shape index (κ2) is 16.9. The number of nitrogens with one attached hydrogen (secondary N) is 1. The summed E-state index contributed by atoms with van der Waals surface area (Å²) in [5, 5.41) is 3.06. The first-order chi connectivity index (χ1) is 19.8. The average Bonchev–Trinajstić information content (AvgIpc) is 3.26. The number of aryl methyl sites for hydroxylation is 2. The van der Waals surface area contributed by atoms with Gasteiger partial charge in [-0.05, 0) is 100 Å². The highest BCUT2D eigenvalue weighted by atomic mass is 32.2. The highest BCUT2D eigenvalue weighted by Gasteiger charge is 2.45. The molecule has 2 aliphatic rings. The second-order valence-electron chi connectivity index (χ2n) is 11.7.